The molecule has 0 aromatic heterocycles. The van der Waals surface area contributed by atoms with Gasteiger partial charge in [0.2, 0.25) is 0 Å². The molecule has 0 heteroatoms. The fraction of sp³-hybridized carbons (Fsp3) is 1.00. The Kier molecular flexibility index (Phi) is 0.898. The Labute approximate surface area is 63.0 Å². The molecule has 3 atom stereocenters. The van der Waals surface area contributed by atoms with E-state index in [1.54, 1.807) is 44.9 Å². The topological polar surface area (TPSA) is 0 Å². The van der Waals surface area contributed by atoms with Crippen LogP contribution in [0.2, 0.25) is 0 Å². The van der Waals surface area contributed by atoms with E-state index >= 15 is 0 Å². The van der Waals surface area contributed by atoms with Gasteiger partial charge in [-0.3, -0.25) is 0 Å². The van der Waals surface area contributed by atoms with Crippen molar-refractivity contribution in [3.05, 3.63) is 0 Å². The van der Waals surface area contributed by atoms with E-state index in [0.29, 0.717) is 0 Å². The van der Waals surface area contributed by atoms with Gasteiger partial charge in [-0.1, -0.05) is 6.42 Å². The molecule has 3 fully saturated rings. The lowest BCUT2D eigenvalue weighted by atomic mass is 9.78. The summed E-state index contributed by atoms with van der Waals surface area (Å²) < 4.78 is 0. The minimum Gasteiger partial charge on any atom is -0.0525 e. The average molecular weight is 136 g/mol. The first-order valence-electron chi connectivity index (χ1n) is 4.89. The maximum atomic E-state index is 1.62. The minimum atomic E-state index is 0.921. The van der Waals surface area contributed by atoms with Gasteiger partial charge in [-0.2, -0.15) is 0 Å². The molecule has 10 heavy (non-hydrogen) atoms. The number of hydrogen-bond acceptors (Lipinski definition) is 0. The van der Waals surface area contributed by atoms with Gasteiger partial charge in [0, 0.05) is 0 Å². The average Bonchev–Trinajstić information content (AvgIpc) is 2.48. The van der Waals surface area contributed by atoms with Crippen molar-refractivity contribution in [2.75, 3.05) is 0 Å². The van der Waals surface area contributed by atoms with Crippen molar-refractivity contribution >= 4 is 0 Å². The van der Waals surface area contributed by atoms with E-state index < -0.39 is 0 Å². The summed E-state index contributed by atoms with van der Waals surface area (Å²) in [6.07, 6.45) is 11.1. The van der Waals surface area contributed by atoms with Crippen molar-refractivity contribution in [1.82, 2.24) is 0 Å². The molecule has 0 amide bonds. The second-order valence-electron chi connectivity index (χ2n) is 4.80. The smallest absolute Gasteiger partial charge is 0.0266 e. The van der Waals surface area contributed by atoms with E-state index in [0.717, 1.165) is 5.41 Å². The standard InChI is InChI=1S/C10H16/c1-2-9-6-8-3-5-10(9,4-1)7-8/h8-9H,1-7H2/t8-,9-,10-/m0/s1. The molecule has 56 valence electrons. The Morgan fingerprint density at radius 3 is 2.90 bits per heavy atom. The van der Waals surface area contributed by atoms with Gasteiger partial charge in [-0.25, -0.2) is 0 Å². The van der Waals surface area contributed by atoms with Gasteiger partial charge >= 0.3 is 0 Å². The van der Waals surface area contributed by atoms with E-state index in [2.05, 4.69) is 0 Å². The quantitative estimate of drug-likeness (QED) is 0.480. The fourth-order valence-corrected chi connectivity index (χ4v) is 4.05. The van der Waals surface area contributed by atoms with Gasteiger partial charge in [0.1, 0.15) is 0 Å². The molecule has 0 nitrogen and oxygen atoms in total. The zero-order chi connectivity index (χ0) is 6.60. The van der Waals surface area contributed by atoms with Crippen LogP contribution in [0.25, 0.3) is 0 Å². The van der Waals surface area contributed by atoms with Crippen LogP contribution >= 0.6 is 0 Å². The maximum absolute atomic E-state index is 1.62. The predicted octanol–water partition coefficient (Wildman–Crippen LogP) is 2.98. The molecule has 2 bridgehead atoms. The third kappa shape index (κ3) is 0.500. The highest BCUT2D eigenvalue weighted by molar-refractivity contribution is 5.04. The normalized spacial score (nSPS) is 57.6. The highest BCUT2D eigenvalue weighted by atomic mass is 14.6. The molecule has 0 aliphatic heterocycles. The van der Waals surface area contributed by atoms with Gasteiger partial charge in [-0.15, -0.1) is 0 Å². The van der Waals surface area contributed by atoms with Crippen LogP contribution in [-0.2, 0) is 0 Å². The first-order valence-corrected chi connectivity index (χ1v) is 4.89. The SMILES string of the molecule is C1C[C@H]2C[C@@H]3CC[C@@]2(C1)C3. The molecule has 0 radical (unpaired) electrons. The Hall–Kier alpha value is 0. The van der Waals surface area contributed by atoms with Gasteiger partial charge in [0.15, 0.2) is 0 Å². The number of rotatable bonds is 0. The highest BCUT2D eigenvalue weighted by Crippen LogP contribution is 2.64. The van der Waals surface area contributed by atoms with Gasteiger partial charge in [-0.05, 0) is 55.8 Å². The third-order valence-corrected chi connectivity index (χ3v) is 4.46. The zero-order valence-electron chi connectivity index (χ0n) is 6.60. The monoisotopic (exact) mass is 136 g/mol. The molecule has 3 aliphatic carbocycles. The van der Waals surface area contributed by atoms with Crippen molar-refractivity contribution in [2.45, 2.75) is 44.9 Å². The lowest BCUT2D eigenvalue weighted by Gasteiger charge is -2.27. The van der Waals surface area contributed by atoms with Crippen molar-refractivity contribution in [1.29, 1.82) is 0 Å². The molecular weight excluding hydrogens is 120 g/mol. The minimum absolute atomic E-state index is 0.921. The van der Waals surface area contributed by atoms with E-state index in [9.17, 15) is 0 Å². The molecule has 0 unspecified atom stereocenters. The van der Waals surface area contributed by atoms with Crippen LogP contribution in [0.5, 0.6) is 0 Å². The molecule has 0 saturated heterocycles. The molecule has 3 aliphatic rings. The van der Waals surface area contributed by atoms with Crippen LogP contribution in [0, 0.1) is 17.3 Å². The molecule has 3 rings (SSSR count). The lowest BCUT2D eigenvalue weighted by molar-refractivity contribution is 0.227. The van der Waals surface area contributed by atoms with Crippen molar-refractivity contribution in [3.63, 3.8) is 0 Å². The summed E-state index contributed by atoms with van der Waals surface area (Å²) in [5.74, 6) is 2.36. The van der Waals surface area contributed by atoms with Crippen LogP contribution < -0.4 is 0 Å². The third-order valence-electron chi connectivity index (χ3n) is 4.46. The van der Waals surface area contributed by atoms with Crippen LogP contribution in [-0.4, -0.2) is 0 Å². The summed E-state index contributed by atoms with van der Waals surface area (Å²) in [7, 11) is 0. The van der Waals surface area contributed by atoms with Gasteiger partial charge in [0.05, 0.1) is 0 Å². The fourth-order valence-electron chi connectivity index (χ4n) is 4.05. The van der Waals surface area contributed by atoms with Crippen molar-refractivity contribution < 1.29 is 0 Å². The van der Waals surface area contributed by atoms with Crippen molar-refractivity contribution in [3.8, 4) is 0 Å². The van der Waals surface area contributed by atoms with Gasteiger partial charge < -0.3 is 0 Å². The maximum Gasteiger partial charge on any atom is -0.0266 e. The zero-order valence-corrected chi connectivity index (χ0v) is 6.60. The van der Waals surface area contributed by atoms with E-state index in [-0.39, 0.29) is 0 Å². The summed E-state index contributed by atoms with van der Waals surface area (Å²) in [5, 5.41) is 0. The van der Waals surface area contributed by atoms with E-state index in [4.69, 9.17) is 0 Å². The summed E-state index contributed by atoms with van der Waals surface area (Å²) >= 11 is 0. The first-order chi connectivity index (χ1) is 4.89. The molecule has 0 aromatic carbocycles. The van der Waals surface area contributed by atoms with Gasteiger partial charge in [0.25, 0.3) is 0 Å². The van der Waals surface area contributed by atoms with Crippen LogP contribution in [0.4, 0.5) is 0 Å². The molecule has 0 aromatic rings. The van der Waals surface area contributed by atoms with E-state index in [1.807, 2.05) is 0 Å². The molecular formula is C10H16. The van der Waals surface area contributed by atoms with E-state index in [1.165, 1.54) is 11.8 Å². The first kappa shape index (κ1) is 5.62. The Morgan fingerprint density at radius 1 is 1.10 bits per heavy atom. The lowest BCUT2D eigenvalue weighted by Crippen LogP contribution is -2.18. The summed E-state index contributed by atoms with van der Waals surface area (Å²) in [5.41, 5.74) is 0.921. The molecule has 0 N–H and O–H groups in total. The summed E-state index contributed by atoms with van der Waals surface area (Å²) in [6, 6.07) is 0. The molecule has 3 saturated carbocycles. The second kappa shape index (κ2) is 1.60. The number of fused-ring (bicyclic) bond motifs is 1. The highest BCUT2D eigenvalue weighted by Gasteiger charge is 2.53. The molecule has 1 spiro atoms. The Bertz CT molecular complexity index is 157. The number of hydrogen-bond donors (Lipinski definition) is 0. The van der Waals surface area contributed by atoms with Crippen LogP contribution in [0.15, 0.2) is 0 Å². The largest absolute Gasteiger partial charge is 0.0525 e. The second-order valence-corrected chi connectivity index (χ2v) is 4.80. The Balaban J connectivity index is 1.99. The van der Waals surface area contributed by atoms with Crippen LogP contribution in [0.1, 0.15) is 44.9 Å². The summed E-state index contributed by atoms with van der Waals surface area (Å²) in [4.78, 5) is 0. The van der Waals surface area contributed by atoms with Crippen molar-refractivity contribution in [2.24, 2.45) is 17.3 Å². The summed E-state index contributed by atoms with van der Waals surface area (Å²) in [6.45, 7) is 0. The van der Waals surface area contributed by atoms with Crippen LogP contribution in [0.3, 0.4) is 0 Å². The predicted molar refractivity (Wildman–Crippen MR) is 41.7 cm³/mol. The molecule has 0 heterocycles. The Morgan fingerprint density at radius 2 is 2.10 bits per heavy atom.